The van der Waals surface area contributed by atoms with Crippen molar-refractivity contribution in [3.8, 4) is 11.8 Å². The normalized spacial score (nSPS) is 12.8. The number of hydrogen-bond acceptors (Lipinski definition) is 1. The van der Waals surface area contributed by atoms with E-state index in [4.69, 9.17) is 4.43 Å². The topological polar surface area (TPSA) is 9.23 Å². The van der Waals surface area contributed by atoms with E-state index in [-0.39, 0.29) is 0 Å². The van der Waals surface area contributed by atoms with Gasteiger partial charge < -0.3 is 4.43 Å². The zero-order valence-corrected chi connectivity index (χ0v) is 18.7. The summed E-state index contributed by atoms with van der Waals surface area (Å²) >= 11 is 0. The van der Waals surface area contributed by atoms with Gasteiger partial charge in [-0.25, -0.2) is 0 Å². The van der Waals surface area contributed by atoms with Crippen LogP contribution in [-0.2, 0) is 4.43 Å². The fraction of sp³-hybridized carbons (Fsp3) is 0.500. The Morgan fingerprint density at radius 2 is 1.58 bits per heavy atom. The largest absolute Gasteiger partial charge is 0.543 e. The standard InChI is InChI=1S/C24H36OSi/c1-8-9-10-14-17-24(19-18-23-15-12-11-13-16-23)25-26(20(2)3,21(4)5)22(6)7/h11-13,15-22H,10,14H2,1-7H3/b19-18+,24-17-. The summed E-state index contributed by atoms with van der Waals surface area (Å²) in [6.45, 7) is 15.9. The summed E-state index contributed by atoms with van der Waals surface area (Å²) in [6, 6.07) is 10.4. The molecular formula is C24H36OSi. The molecule has 0 aliphatic rings. The Balaban J connectivity index is 3.16. The molecule has 0 unspecified atom stereocenters. The van der Waals surface area contributed by atoms with Gasteiger partial charge in [0.15, 0.2) is 0 Å². The van der Waals surface area contributed by atoms with Gasteiger partial charge in [0.25, 0.3) is 8.32 Å². The van der Waals surface area contributed by atoms with Gasteiger partial charge in [-0.05, 0) is 47.7 Å². The van der Waals surface area contributed by atoms with Gasteiger partial charge in [-0.1, -0.05) is 78.0 Å². The molecular weight excluding hydrogens is 332 g/mol. The van der Waals surface area contributed by atoms with Gasteiger partial charge in [0.2, 0.25) is 0 Å². The minimum absolute atomic E-state index is 0.562. The van der Waals surface area contributed by atoms with Crippen LogP contribution in [0.2, 0.25) is 16.6 Å². The predicted octanol–water partition coefficient (Wildman–Crippen LogP) is 7.58. The second-order valence-corrected chi connectivity index (χ2v) is 13.1. The summed E-state index contributed by atoms with van der Waals surface area (Å²) in [7, 11) is -1.95. The fourth-order valence-electron chi connectivity index (χ4n) is 3.86. The molecule has 1 aromatic carbocycles. The highest BCUT2D eigenvalue weighted by molar-refractivity contribution is 6.77. The van der Waals surface area contributed by atoms with Crippen LogP contribution in [-0.4, -0.2) is 8.32 Å². The molecule has 0 heterocycles. The van der Waals surface area contributed by atoms with Gasteiger partial charge >= 0.3 is 0 Å². The highest BCUT2D eigenvalue weighted by Crippen LogP contribution is 2.43. The van der Waals surface area contributed by atoms with E-state index in [9.17, 15) is 0 Å². The van der Waals surface area contributed by atoms with Crippen LogP contribution in [0.1, 0.15) is 66.9 Å². The SMILES string of the molecule is CC#CCC/C=C(/C=C/c1ccccc1)O[Si](C(C)C)(C(C)C)C(C)C. The lowest BCUT2D eigenvalue weighted by Gasteiger charge is -2.42. The van der Waals surface area contributed by atoms with Crippen LogP contribution >= 0.6 is 0 Å². The third-order valence-corrected chi connectivity index (χ3v) is 11.0. The quantitative estimate of drug-likeness (QED) is 0.143. The minimum Gasteiger partial charge on any atom is -0.543 e. The van der Waals surface area contributed by atoms with Gasteiger partial charge in [0.05, 0.1) is 5.76 Å². The van der Waals surface area contributed by atoms with Gasteiger partial charge in [-0.3, -0.25) is 0 Å². The molecule has 0 N–H and O–H groups in total. The minimum atomic E-state index is -1.95. The third-order valence-electron chi connectivity index (χ3n) is 5.03. The molecule has 0 saturated heterocycles. The summed E-state index contributed by atoms with van der Waals surface area (Å²) in [5, 5.41) is 0. The van der Waals surface area contributed by atoms with Crippen molar-refractivity contribution in [2.24, 2.45) is 0 Å². The fourth-order valence-corrected chi connectivity index (χ4v) is 9.12. The van der Waals surface area contributed by atoms with E-state index in [0.29, 0.717) is 16.6 Å². The molecule has 0 spiro atoms. The monoisotopic (exact) mass is 368 g/mol. The van der Waals surface area contributed by atoms with Crippen molar-refractivity contribution in [1.29, 1.82) is 0 Å². The maximum atomic E-state index is 6.89. The van der Waals surface area contributed by atoms with Crippen molar-refractivity contribution in [2.75, 3.05) is 0 Å². The van der Waals surface area contributed by atoms with Crippen molar-refractivity contribution >= 4 is 14.4 Å². The van der Waals surface area contributed by atoms with Crippen molar-refractivity contribution in [2.45, 2.75) is 77.9 Å². The number of benzene rings is 1. The molecule has 142 valence electrons. The maximum Gasteiger partial charge on any atom is 0.258 e. The van der Waals surface area contributed by atoms with Gasteiger partial charge in [0, 0.05) is 6.42 Å². The van der Waals surface area contributed by atoms with Crippen LogP contribution in [0.5, 0.6) is 0 Å². The summed E-state index contributed by atoms with van der Waals surface area (Å²) in [5.74, 6) is 7.13. The molecule has 0 atom stereocenters. The Labute approximate surface area is 162 Å². The first-order chi connectivity index (χ1) is 12.3. The molecule has 26 heavy (non-hydrogen) atoms. The first-order valence-electron chi connectivity index (χ1n) is 9.86. The number of hydrogen-bond donors (Lipinski definition) is 0. The Hall–Kier alpha value is -1.72. The van der Waals surface area contributed by atoms with E-state index in [1.54, 1.807) is 0 Å². The molecule has 0 fully saturated rings. The number of allylic oxidation sites excluding steroid dienone is 2. The molecule has 0 radical (unpaired) electrons. The Morgan fingerprint density at radius 3 is 2.08 bits per heavy atom. The average molecular weight is 369 g/mol. The molecule has 0 saturated carbocycles. The average Bonchev–Trinajstić information content (AvgIpc) is 2.60. The third kappa shape index (κ3) is 6.22. The van der Waals surface area contributed by atoms with Crippen molar-refractivity contribution in [1.82, 2.24) is 0 Å². The zero-order chi connectivity index (χ0) is 19.6. The van der Waals surface area contributed by atoms with E-state index in [1.807, 2.05) is 13.0 Å². The lowest BCUT2D eigenvalue weighted by atomic mass is 10.2. The predicted molar refractivity (Wildman–Crippen MR) is 118 cm³/mol. The Morgan fingerprint density at radius 1 is 1.00 bits per heavy atom. The maximum absolute atomic E-state index is 6.89. The molecule has 2 heteroatoms. The van der Waals surface area contributed by atoms with Crippen LogP contribution in [0.4, 0.5) is 0 Å². The first-order valence-corrected chi connectivity index (χ1v) is 12.0. The summed E-state index contributed by atoms with van der Waals surface area (Å²) < 4.78 is 6.89. The van der Waals surface area contributed by atoms with Gasteiger partial charge in [-0.15, -0.1) is 11.8 Å². The second kappa shape index (κ2) is 11.1. The van der Waals surface area contributed by atoms with E-state index in [0.717, 1.165) is 18.6 Å². The molecule has 1 aromatic rings. The van der Waals surface area contributed by atoms with Crippen LogP contribution < -0.4 is 0 Å². The highest BCUT2D eigenvalue weighted by Gasteiger charge is 2.47. The molecule has 0 amide bonds. The lowest BCUT2D eigenvalue weighted by molar-refractivity contribution is 0.385. The molecule has 0 bridgehead atoms. The molecule has 0 aliphatic heterocycles. The number of rotatable bonds is 9. The van der Waals surface area contributed by atoms with Crippen molar-refractivity contribution in [3.63, 3.8) is 0 Å². The lowest BCUT2D eigenvalue weighted by Crippen LogP contribution is -2.47. The summed E-state index contributed by atoms with van der Waals surface area (Å²) in [5.41, 5.74) is 2.88. The highest BCUT2D eigenvalue weighted by atomic mass is 28.4. The molecule has 0 aromatic heterocycles. The number of unbranched alkanes of at least 4 members (excludes halogenated alkanes) is 1. The summed E-state index contributed by atoms with van der Waals surface area (Å²) in [4.78, 5) is 0. The second-order valence-electron chi connectivity index (χ2n) is 7.74. The van der Waals surface area contributed by atoms with Gasteiger partial charge in [0.1, 0.15) is 0 Å². The van der Waals surface area contributed by atoms with E-state index in [1.165, 1.54) is 5.56 Å². The van der Waals surface area contributed by atoms with Crippen molar-refractivity contribution < 1.29 is 4.43 Å². The van der Waals surface area contributed by atoms with Crippen LogP contribution in [0, 0.1) is 11.8 Å². The smallest absolute Gasteiger partial charge is 0.258 e. The summed E-state index contributed by atoms with van der Waals surface area (Å²) in [6.07, 6.45) is 8.32. The molecule has 1 rings (SSSR count). The van der Waals surface area contributed by atoms with E-state index >= 15 is 0 Å². The van der Waals surface area contributed by atoms with E-state index < -0.39 is 8.32 Å². The van der Waals surface area contributed by atoms with Crippen LogP contribution in [0.25, 0.3) is 6.08 Å². The first kappa shape index (κ1) is 22.3. The van der Waals surface area contributed by atoms with Crippen LogP contribution in [0.3, 0.4) is 0 Å². The van der Waals surface area contributed by atoms with E-state index in [2.05, 4.69) is 95.9 Å². The van der Waals surface area contributed by atoms with Crippen LogP contribution in [0.15, 0.2) is 48.2 Å². The molecule has 1 nitrogen and oxygen atoms in total. The Kier molecular flexibility index (Phi) is 9.52. The zero-order valence-electron chi connectivity index (χ0n) is 17.7. The van der Waals surface area contributed by atoms with Crippen molar-refractivity contribution in [3.05, 3.63) is 53.8 Å². The molecule has 0 aliphatic carbocycles. The van der Waals surface area contributed by atoms with Gasteiger partial charge in [-0.2, -0.15) is 0 Å². The Bertz CT molecular complexity index is 620.